The number of amides is 3. The number of hydrogen-bond donors (Lipinski definition) is 2. The van der Waals surface area contributed by atoms with E-state index in [1.54, 1.807) is 6.92 Å². The molecule has 0 spiro atoms. The van der Waals surface area contributed by atoms with Crippen LogP contribution in [-0.2, 0) is 19.2 Å². The quantitative estimate of drug-likeness (QED) is 0.310. The van der Waals surface area contributed by atoms with Crippen LogP contribution in [0.25, 0.3) is 0 Å². The number of hydrogen-bond acceptors (Lipinski definition) is 6. The van der Waals surface area contributed by atoms with Crippen LogP contribution in [0.5, 0.6) is 0 Å². The molecule has 0 aromatic carbocycles. The number of carbonyl (C=O) groups excluding carboxylic acids is 3. The van der Waals surface area contributed by atoms with Crippen molar-refractivity contribution in [2.24, 2.45) is 0 Å². The molecule has 1 aliphatic rings. The predicted molar refractivity (Wildman–Crippen MR) is 89.0 cm³/mol. The van der Waals surface area contributed by atoms with Crippen LogP contribution < -0.4 is 5.32 Å². The van der Waals surface area contributed by atoms with Gasteiger partial charge in [-0.3, -0.25) is 19.2 Å². The molecule has 0 aromatic heterocycles. The maximum absolute atomic E-state index is 11.8. The van der Waals surface area contributed by atoms with Crippen LogP contribution in [0.4, 0.5) is 0 Å². The van der Waals surface area contributed by atoms with E-state index in [4.69, 9.17) is 5.11 Å². The van der Waals surface area contributed by atoms with Gasteiger partial charge in [0.15, 0.2) is 0 Å². The molecule has 1 saturated heterocycles. The maximum Gasteiger partial charge on any atom is 0.312 e. The number of rotatable bonds is 10. The Morgan fingerprint density at radius 1 is 1.13 bits per heavy atom. The van der Waals surface area contributed by atoms with E-state index in [0.717, 1.165) is 0 Å². The molecule has 1 heterocycles. The second-order valence-electron chi connectivity index (χ2n) is 4.75. The highest BCUT2D eigenvalue weighted by Gasteiger charge is 2.32. The topological polar surface area (TPSA) is 107 Å². The van der Waals surface area contributed by atoms with E-state index < -0.39 is 17.8 Å². The summed E-state index contributed by atoms with van der Waals surface area (Å²) in [7, 11) is 2.93. The van der Waals surface area contributed by atoms with Crippen molar-refractivity contribution < 1.29 is 24.3 Å². The molecule has 23 heavy (non-hydrogen) atoms. The predicted octanol–water partition coefficient (Wildman–Crippen LogP) is -0.351. The van der Waals surface area contributed by atoms with Gasteiger partial charge < -0.3 is 20.2 Å². The first-order valence-electron chi connectivity index (χ1n) is 7.26. The lowest BCUT2D eigenvalue weighted by Crippen LogP contribution is -2.56. The Labute approximate surface area is 142 Å². The van der Waals surface area contributed by atoms with Gasteiger partial charge in [0.05, 0.1) is 6.42 Å². The Morgan fingerprint density at radius 2 is 1.74 bits per heavy atom. The highest BCUT2D eigenvalue weighted by atomic mass is 33.1. The highest BCUT2D eigenvalue weighted by Crippen LogP contribution is 2.20. The van der Waals surface area contributed by atoms with Crippen molar-refractivity contribution in [1.29, 1.82) is 0 Å². The van der Waals surface area contributed by atoms with E-state index in [1.165, 1.54) is 31.4 Å². The van der Waals surface area contributed by atoms with Crippen molar-refractivity contribution in [2.45, 2.75) is 13.3 Å². The molecule has 0 atom stereocenters. The number of nitrogens with zero attached hydrogens (tertiary/aromatic N) is 2. The maximum atomic E-state index is 11.8. The lowest BCUT2D eigenvalue weighted by molar-refractivity contribution is -0.156. The van der Waals surface area contributed by atoms with Crippen molar-refractivity contribution in [3.8, 4) is 0 Å². The fourth-order valence-corrected chi connectivity index (χ4v) is 3.76. The van der Waals surface area contributed by atoms with Gasteiger partial charge in [-0.25, -0.2) is 0 Å². The zero-order chi connectivity index (χ0) is 17.2. The Hall–Kier alpha value is -1.42. The van der Waals surface area contributed by atoms with Gasteiger partial charge in [-0.2, -0.15) is 0 Å². The number of piperazine rings is 1. The fraction of sp³-hybridized carbons (Fsp3) is 0.692. The molecule has 0 unspecified atom stereocenters. The molecule has 0 aliphatic carbocycles. The monoisotopic (exact) mass is 363 g/mol. The first-order chi connectivity index (χ1) is 11.0. The van der Waals surface area contributed by atoms with Gasteiger partial charge in [-0.1, -0.05) is 21.6 Å². The van der Waals surface area contributed by atoms with Crippen LogP contribution in [0.2, 0.25) is 0 Å². The molecule has 3 amide bonds. The minimum Gasteiger partial charge on any atom is -0.481 e. The van der Waals surface area contributed by atoms with Gasteiger partial charge in [-0.05, 0) is 6.92 Å². The summed E-state index contributed by atoms with van der Waals surface area (Å²) in [6.07, 6.45) is 0.115. The van der Waals surface area contributed by atoms with Gasteiger partial charge in [0, 0.05) is 37.7 Å². The largest absolute Gasteiger partial charge is 0.481 e. The minimum absolute atomic E-state index is 0.112. The van der Waals surface area contributed by atoms with Crippen LogP contribution in [0.15, 0.2) is 0 Å². The summed E-state index contributed by atoms with van der Waals surface area (Å²) >= 11 is 0. The molecular weight excluding hydrogens is 342 g/mol. The first-order valence-corrected chi connectivity index (χ1v) is 9.75. The lowest BCUT2D eigenvalue weighted by atomic mass is 10.3. The average Bonchev–Trinajstić information content (AvgIpc) is 2.51. The zero-order valence-electron chi connectivity index (χ0n) is 12.9. The molecule has 0 aromatic rings. The van der Waals surface area contributed by atoms with E-state index in [0.29, 0.717) is 37.7 Å². The smallest absolute Gasteiger partial charge is 0.312 e. The van der Waals surface area contributed by atoms with Crippen molar-refractivity contribution in [3.05, 3.63) is 0 Å². The number of carbonyl (C=O) groups is 4. The van der Waals surface area contributed by atoms with E-state index in [1.807, 2.05) is 0 Å². The Kier molecular flexibility index (Phi) is 8.85. The summed E-state index contributed by atoms with van der Waals surface area (Å²) in [5.41, 5.74) is 0. The van der Waals surface area contributed by atoms with E-state index in [9.17, 15) is 19.2 Å². The molecule has 1 fully saturated rings. The third-order valence-corrected chi connectivity index (χ3v) is 5.51. The summed E-state index contributed by atoms with van der Waals surface area (Å²) in [5, 5.41) is 11.2. The number of nitrogens with one attached hydrogen (secondary N) is 1. The van der Waals surface area contributed by atoms with Crippen LogP contribution in [0.1, 0.15) is 13.3 Å². The fourth-order valence-electron chi connectivity index (χ4n) is 1.88. The molecule has 130 valence electrons. The summed E-state index contributed by atoms with van der Waals surface area (Å²) in [6, 6.07) is 0. The second kappa shape index (κ2) is 10.4. The molecule has 1 rings (SSSR count). The molecule has 1 aliphatic heterocycles. The van der Waals surface area contributed by atoms with Crippen molar-refractivity contribution in [3.63, 3.8) is 0 Å². The highest BCUT2D eigenvalue weighted by molar-refractivity contribution is 8.76. The summed E-state index contributed by atoms with van der Waals surface area (Å²) < 4.78 is 0. The third-order valence-electron chi connectivity index (χ3n) is 3.10. The molecule has 0 radical (unpaired) electrons. The number of likely N-dealkylation sites (N-methyl/N-ethyl adjacent to an activating group) is 1. The lowest BCUT2D eigenvalue weighted by Gasteiger charge is -2.32. The normalized spacial score (nSPS) is 15.0. The van der Waals surface area contributed by atoms with Crippen LogP contribution in [-0.4, -0.2) is 82.8 Å². The Balaban J connectivity index is 2.16. The van der Waals surface area contributed by atoms with Gasteiger partial charge in [0.25, 0.3) is 0 Å². The average molecular weight is 363 g/mol. The van der Waals surface area contributed by atoms with E-state index in [-0.39, 0.29) is 18.9 Å². The second-order valence-corrected chi connectivity index (χ2v) is 7.45. The van der Waals surface area contributed by atoms with Gasteiger partial charge in [0.1, 0.15) is 6.54 Å². The van der Waals surface area contributed by atoms with Crippen molar-refractivity contribution >= 4 is 45.3 Å². The number of carboxylic acids is 1. The number of aliphatic carboxylic acids is 1. The molecule has 0 saturated carbocycles. The summed E-state index contributed by atoms with van der Waals surface area (Å²) in [4.78, 5) is 48.4. The molecular formula is C13H21N3O5S2. The zero-order valence-corrected chi connectivity index (χ0v) is 14.6. The molecule has 2 N–H and O–H groups in total. The SMILES string of the molecule is CCN1CCN(CC(=O)NCCSSCCC(=O)O)C(=O)C1=O. The summed E-state index contributed by atoms with van der Waals surface area (Å²) in [6.45, 7) is 3.43. The minimum atomic E-state index is -0.825. The number of carboxylic acid groups (broad SMARTS) is 1. The molecule has 10 heteroatoms. The van der Waals surface area contributed by atoms with Crippen LogP contribution in [0, 0.1) is 0 Å². The van der Waals surface area contributed by atoms with Crippen LogP contribution >= 0.6 is 21.6 Å². The molecule has 8 nitrogen and oxygen atoms in total. The van der Waals surface area contributed by atoms with Gasteiger partial charge in [-0.15, -0.1) is 0 Å². The van der Waals surface area contributed by atoms with Gasteiger partial charge >= 0.3 is 17.8 Å². The van der Waals surface area contributed by atoms with Gasteiger partial charge in [0.2, 0.25) is 5.91 Å². The Morgan fingerprint density at radius 3 is 2.39 bits per heavy atom. The first kappa shape index (κ1) is 19.6. The van der Waals surface area contributed by atoms with E-state index in [2.05, 4.69) is 5.32 Å². The van der Waals surface area contributed by atoms with Crippen molar-refractivity contribution in [2.75, 3.05) is 44.2 Å². The summed E-state index contributed by atoms with van der Waals surface area (Å²) in [5.74, 6) is -1.15. The van der Waals surface area contributed by atoms with E-state index >= 15 is 0 Å². The third kappa shape index (κ3) is 7.12. The molecule has 0 bridgehead atoms. The van der Waals surface area contributed by atoms with Crippen molar-refractivity contribution in [1.82, 2.24) is 15.1 Å². The van der Waals surface area contributed by atoms with Crippen LogP contribution in [0.3, 0.4) is 0 Å². The standard InChI is InChI=1S/C13H21N3O5S2/c1-2-15-5-6-16(13(21)12(15)20)9-10(17)14-4-8-23-22-7-3-11(18)19/h2-9H2,1H3,(H,14,17)(H,18,19). The Bertz CT molecular complexity index is 461.